The molecule has 0 saturated heterocycles. The van der Waals surface area contributed by atoms with Crippen LogP contribution >= 0.6 is 0 Å². The third-order valence-electron chi connectivity index (χ3n) is 1.49. The molecular weight excluding hydrogens is 172 g/mol. The quantitative estimate of drug-likeness (QED) is 0.529. The summed E-state index contributed by atoms with van der Waals surface area (Å²) in [6.07, 6.45) is 0. The first-order chi connectivity index (χ1) is 5.77. The Morgan fingerprint density at radius 3 is 2.23 bits per heavy atom. The first-order valence-corrected chi connectivity index (χ1v) is 3.83. The fraction of sp³-hybridized carbons (Fsp3) is 0.556. The van der Waals surface area contributed by atoms with Crippen LogP contribution in [0.2, 0.25) is 0 Å². The summed E-state index contributed by atoms with van der Waals surface area (Å²) in [4.78, 5) is 21.5. The van der Waals surface area contributed by atoms with Crippen molar-refractivity contribution in [1.82, 2.24) is 0 Å². The highest BCUT2D eigenvalue weighted by Crippen LogP contribution is 2.15. The minimum absolute atomic E-state index is 0.145. The molecule has 0 aromatic heterocycles. The summed E-state index contributed by atoms with van der Waals surface area (Å²) in [6.45, 7) is 7.72. The first kappa shape index (κ1) is 11.7. The highest BCUT2D eigenvalue weighted by atomic mass is 16.5. The van der Waals surface area contributed by atoms with Crippen molar-refractivity contribution in [3.8, 4) is 0 Å². The van der Waals surface area contributed by atoms with Crippen molar-refractivity contribution in [3.63, 3.8) is 0 Å². The molecule has 0 radical (unpaired) electrons. The number of ether oxygens (including phenoxy) is 1. The molecule has 0 amide bonds. The molecule has 1 N–H and O–H groups in total. The topological polar surface area (TPSA) is 63.6 Å². The van der Waals surface area contributed by atoms with E-state index >= 15 is 0 Å². The molecule has 4 heteroatoms. The van der Waals surface area contributed by atoms with Crippen molar-refractivity contribution in [2.24, 2.45) is 5.41 Å². The lowest BCUT2D eigenvalue weighted by Crippen LogP contribution is -2.30. The van der Waals surface area contributed by atoms with Crippen LogP contribution in [0, 0.1) is 5.41 Å². The Kier molecular flexibility index (Phi) is 3.66. The Labute approximate surface area is 77.2 Å². The summed E-state index contributed by atoms with van der Waals surface area (Å²) in [7, 11) is 0. The number of hydrogen-bond acceptors (Lipinski definition) is 3. The van der Waals surface area contributed by atoms with Gasteiger partial charge in [-0.15, -0.1) is 0 Å². The van der Waals surface area contributed by atoms with Gasteiger partial charge in [-0.3, -0.25) is 4.79 Å². The van der Waals surface area contributed by atoms with Crippen LogP contribution in [0.4, 0.5) is 0 Å². The third kappa shape index (κ3) is 3.73. The SMILES string of the molecule is C=C(C)C(=O)OCC(C)(C)C(=O)O. The van der Waals surface area contributed by atoms with E-state index in [2.05, 4.69) is 6.58 Å². The number of rotatable bonds is 4. The summed E-state index contributed by atoms with van der Waals surface area (Å²) >= 11 is 0. The van der Waals surface area contributed by atoms with E-state index in [1.165, 1.54) is 20.8 Å². The molecule has 4 nitrogen and oxygen atoms in total. The second-order valence-electron chi connectivity index (χ2n) is 3.55. The van der Waals surface area contributed by atoms with Crippen LogP contribution in [-0.2, 0) is 14.3 Å². The maximum atomic E-state index is 10.9. The molecule has 0 spiro atoms. The van der Waals surface area contributed by atoms with E-state index in [1.54, 1.807) is 0 Å². The van der Waals surface area contributed by atoms with Crippen LogP contribution in [0.5, 0.6) is 0 Å². The standard InChI is InChI=1S/C9H14O4/c1-6(2)7(10)13-5-9(3,4)8(11)12/h1,5H2,2-4H3,(H,11,12). The summed E-state index contributed by atoms with van der Waals surface area (Å²) in [5.41, 5.74) is -0.785. The average Bonchev–Trinajstić information content (AvgIpc) is 1.99. The van der Waals surface area contributed by atoms with Gasteiger partial charge < -0.3 is 9.84 Å². The molecule has 0 heterocycles. The Morgan fingerprint density at radius 1 is 1.46 bits per heavy atom. The van der Waals surface area contributed by atoms with Crippen molar-refractivity contribution in [3.05, 3.63) is 12.2 Å². The molecule has 0 bridgehead atoms. The van der Waals surface area contributed by atoms with Gasteiger partial charge in [-0.2, -0.15) is 0 Å². The van der Waals surface area contributed by atoms with Crippen LogP contribution in [0.1, 0.15) is 20.8 Å². The van der Waals surface area contributed by atoms with E-state index in [4.69, 9.17) is 9.84 Å². The fourth-order valence-electron chi connectivity index (χ4n) is 0.431. The molecule has 0 aliphatic heterocycles. The van der Waals surface area contributed by atoms with Crippen LogP contribution in [0.15, 0.2) is 12.2 Å². The largest absolute Gasteiger partial charge is 0.481 e. The zero-order chi connectivity index (χ0) is 10.6. The summed E-state index contributed by atoms with van der Waals surface area (Å²) in [6, 6.07) is 0. The Hall–Kier alpha value is -1.32. The van der Waals surface area contributed by atoms with E-state index in [9.17, 15) is 9.59 Å². The predicted octanol–water partition coefficient (Wildman–Crippen LogP) is 1.22. The van der Waals surface area contributed by atoms with Gasteiger partial charge in [-0.1, -0.05) is 6.58 Å². The van der Waals surface area contributed by atoms with Crippen molar-refractivity contribution < 1.29 is 19.4 Å². The van der Waals surface area contributed by atoms with Gasteiger partial charge in [0.25, 0.3) is 0 Å². The fourth-order valence-corrected chi connectivity index (χ4v) is 0.431. The smallest absolute Gasteiger partial charge is 0.333 e. The van der Waals surface area contributed by atoms with Gasteiger partial charge in [-0.25, -0.2) is 4.79 Å². The van der Waals surface area contributed by atoms with Crippen molar-refractivity contribution in [2.75, 3.05) is 6.61 Å². The lowest BCUT2D eigenvalue weighted by Gasteiger charge is -2.18. The van der Waals surface area contributed by atoms with Crippen LogP contribution < -0.4 is 0 Å². The molecule has 0 atom stereocenters. The van der Waals surface area contributed by atoms with E-state index in [0.29, 0.717) is 0 Å². The molecule has 0 rings (SSSR count). The first-order valence-electron chi connectivity index (χ1n) is 3.83. The second-order valence-corrected chi connectivity index (χ2v) is 3.55. The molecule has 0 saturated carbocycles. The number of carboxylic acids is 1. The molecule has 0 fully saturated rings. The van der Waals surface area contributed by atoms with E-state index in [1.807, 2.05) is 0 Å². The van der Waals surface area contributed by atoms with Gasteiger partial charge in [0.2, 0.25) is 0 Å². The van der Waals surface area contributed by atoms with Crippen LogP contribution in [0.3, 0.4) is 0 Å². The molecule has 0 aliphatic rings. The number of esters is 1. The van der Waals surface area contributed by atoms with Crippen molar-refractivity contribution in [2.45, 2.75) is 20.8 Å². The monoisotopic (exact) mass is 186 g/mol. The minimum atomic E-state index is -1.05. The van der Waals surface area contributed by atoms with E-state index < -0.39 is 17.4 Å². The summed E-state index contributed by atoms with van der Waals surface area (Å²) in [5.74, 6) is -1.56. The van der Waals surface area contributed by atoms with Gasteiger partial charge in [0.1, 0.15) is 6.61 Å². The number of hydrogen-bond donors (Lipinski definition) is 1. The van der Waals surface area contributed by atoms with Crippen LogP contribution in [-0.4, -0.2) is 23.7 Å². The molecule has 0 aromatic rings. The van der Waals surface area contributed by atoms with Gasteiger partial charge in [-0.05, 0) is 20.8 Å². The van der Waals surface area contributed by atoms with Crippen molar-refractivity contribution >= 4 is 11.9 Å². The van der Waals surface area contributed by atoms with Crippen molar-refractivity contribution in [1.29, 1.82) is 0 Å². The number of aliphatic carboxylic acids is 1. The zero-order valence-electron chi connectivity index (χ0n) is 8.09. The van der Waals surface area contributed by atoms with E-state index in [-0.39, 0.29) is 12.2 Å². The molecule has 0 aromatic carbocycles. The number of carbonyl (C=O) groups is 2. The normalized spacial score (nSPS) is 10.7. The molecule has 0 unspecified atom stereocenters. The summed E-state index contributed by atoms with van der Waals surface area (Å²) in [5, 5.41) is 8.68. The molecule has 0 aliphatic carbocycles. The molecular formula is C9H14O4. The minimum Gasteiger partial charge on any atom is -0.481 e. The Bertz CT molecular complexity index is 240. The van der Waals surface area contributed by atoms with Gasteiger partial charge in [0.15, 0.2) is 0 Å². The highest BCUT2D eigenvalue weighted by Gasteiger charge is 2.28. The van der Waals surface area contributed by atoms with Gasteiger partial charge >= 0.3 is 11.9 Å². The second kappa shape index (κ2) is 4.07. The Balaban J connectivity index is 4.10. The molecule has 13 heavy (non-hydrogen) atoms. The number of carbonyl (C=O) groups excluding carboxylic acids is 1. The lowest BCUT2D eigenvalue weighted by atomic mass is 9.95. The molecule has 74 valence electrons. The maximum Gasteiger partial charge on any atom is 0.333 e. The number of carboxylic acid groups (broad SMARTS) is 1. The lowest BCUT2D eigenvalue weighted by molar-refractivity contribution is -0.154. The van der Waals surface area contributed by atoms with E-state index in [0.717, 1.165) is 0 Å². The van der Waals surface area contributed by atoms with Crippen LogP contribution in [0.25, 0.3) is 0 Å². The Morgan fingerprint density at radius 2 is 1.92 bits per heavy atom. The average molecular weight is 186 g/mol. The maximum absolute atomic E-state index is 10.9. The summed E-state index contributed by atoms with van der Waals surface area (Å²) < 4.78 is 4.71. The predicted molar refractivity (Wildman–Crippen MR) is 47.2 cm³/mol. The van der Waals surface area contributed by atoms with Gasteiger partial charge in [0.05, 0.1) is 5.41 Å². The van der Waals surface area contributed by atoms with Gasteiger partial charge in [0, 0.05) is 5.57 Å². The zero-order valence-corrected chi connectivity index (χ0v) is 8.09. The third-order valence-corrected chi connectivity index (χ3v) is 1.49. The highest BCUT2D eigenvalue weighted by molar-refractivity contribution is 5.87.